The minimum Gasteiger partial charge on any atom is -0.379 e. The smallest absolute Gasteiger partial charge is 0.131 e. The Morgan fingerprint density at radius 1 is 1.00 bits per heavy atom. The molecule has 1 fully saturated rings. The Kier molecular flexibility index (Phi) is 5.77. The highest BCUT2D eigenvalue weighted by Gasteiger charge is 2.09. The monoisotopic (exact) mass is 313 g/mol. The second-order valence-corrected chi connectivity index (χ2v) is 5.51. The number of aromatic nitrogens is 2. The van der Waals surface area contributed by atoms with Gasteiger partial charge in [-0.3, -0.25) is 4.90 Å². The van der Waals surface area contributed by atoms with E-state index in [9.17, 15) is 0 Å². The van der Waals surface area contributed by atoms with Gasteiger partial charge in [-0.1, -0.05) is 30.3 Å². The molecule has 2 aromatic rings. The van der Waals surface area contributed by atoms with Crippen molar-refractivity contribution in [3.05, 3.63) is 48.3 Å². The first kappa shape index (κ1) is 15.7. The van der Waals surface area contributed by atoms with Crippen molar-refractivity contribution in [3.63, 3.8) is 0 Å². The summed E-state index contributed by atoms with van der Waals surface area (Å²) in [6, 6.07) is 12.2. The average Bonchev–Trinajstić information content (AvgIpc) is 2.62. The molecule has 0 amide bonds. The number of hydrogen-bond acceptors (Lipinski definition) is 6. The van der Waals surface area contributed by atoms with Crippen LogP contribution < -0.4 is 10.6 Å². The summed E-state index contributed by atoms with van der Waals surface area (Å²) in [5, 5.41) is 6.68. The molecule has 1 saturated heterocycles. The standard InChI is InChI=1S/C17H23N5O/c1-2-4-15(5-3-1)13-19-17-12-16(20-14-21-17)18-6-7-22-8-10-23-11-9-22/h1-5,12,14H,6-11,13H2,(H2,18,19,20,21). The number of nitrogens with one attached hydrogen (secondary N) is 2. The molecule has 0 atom stereocenters. The van der Waals surface area contributed by atoms with E-state index in [0.717, 1.165) is 57.6 Å². The number of rotatable bonds is 7. The molecule has 122 valence electrons. The van der Waals surface area contributed by atoms with E-state index in [1.165, 1.54) is 5.56 Å². The molecule has 2 N–H and O–H groups in total. The Hall–Kier alpha value is -2.18. The molecular formula is C17H23N5O. The van der Waals surface area contributed by atoms with Crippen LogP contribution in [0.4, 0.5) is 11.6 Å². The summed E-state index contributed by atoms with van der Waals surface area (Å²) in [6.07, 6.45) is 1.59. The molecular weight excluding hydrogens is 290 g/mol. The highest BCUT2D eigenvalue weighted by molar-refractivity contribution is 5.46. The predicted molar refractivity (Wildman–Crippen MR) is 91.5 cm³/mol. The molecule has 1 aromatic heterocycles. The third-order valence-electron chi connectivity index (χ3n) is 3.82. The summed E-state index contributed by atoms with van der Waals surface area (Å²) in [4.78, 5) is 10.9. The van der Waals surface area contributed by atoms with Crippen molar-refractivity contribution >= 4 is 11.6 Å². The summed E-state index contributed by atoms with van der Waals surface area (Å²) in [5.74, 6) is 1.68. The summed E-state index contributed by atoms with van der Waals surface area (Å²) >= 11 is 0. The summed E-state index contributed by atoms with van der Waals surface area (Å²) in [5.41, 5.74) is 1.23. The Morgan fingerprint density at radius 3 is 2.52 bits per heavy atom. The van der Waals surface area contributed by atoms with Crippen LogP contribution in [0.3, 0.4) is 0 Å². The fraction of sp³-hybridized carbons (Fsp3) is 0.412. The van der Waals surface area contributed by atoms with Crippen LogP contribution in [0.5, 0.6) is 0 Å². The molecule has 1 aliphatic heterocycles. The lowest BCUT2D eigenvalue weighted by atomic mass is 10.2. The quantitative estimate of drug-likeness (QED) is 0.813. The van der Waals surface area contributed by atoms with Gasteiger partial charge < -0.3 is 15.4 Å². The van der Waals surface area contributed by atoms with Gasteiger partial charge in [0.2, 0.25) is 0 Å². The lowest BCUT2D eigenvalue weighted by molar-refractivity contribution is 0.0398. The second kappa shape index (κ2) is 8.45. The van der Waals surface area contributed by atoms with E-state index in [4.69, 9.17) is 4.74 Å². The van der Waals surface area contributed by atoms with Crippen LogP contribution in [-0.4, -0.2) is 54.3 Å². The second-order valence-electron chi connectivity index (χ2n) is 5.51. The van der Waals surface area contributed by atoms with Gasteiger partial charge >= 0.3 is 0 Å². The zero-order valence-corrected chi connectivity index (χ0v) is 13.2. The molecule has 1 aliphatic rings. The van der Waals surface area contributed by atoms with E-state index in [-0.39, 0.29) is 0 Å². The molecule has 0 unspecified atom stereocenters. The molecule has 0 radical (unpaired) electrons. The molecule has 0 aliphatic carbocycles. The van der Waals surface area contributed by atoms with Gasteiger partial charge in [0, 0.05) is 38.8 Å². The number of anilines is 2. The van der Waals surface area contributed by atoms with Crippen LogP contribution in [0.1, 0.15) is 5.56 Å². The van der Waals surface area contributed by atoms with E-state index >= 15 is 0 Å². The number of ether oxygens (including phenoxy) is 1. The molecule has 6 heteroatoms. The first-order valence-corrected chi connectivity index (χ1v) is 8.04. The summed E-state index contributed by atoms with van der Waals surface area (Å²) < 4.78 is 5.35. The molecule has 23 heavy (non-hydrogen) atoms. The topological polar surface area (TPSA) is 62.3 Å². The van der Waals surface area contributed by atoms with Gasteiger partial charge in [0.25, 0.3) is 0 Å². The SMILES string of the molecule is c1ccc(CNc2cc(NCCN3CCOCC3)ncn2)cc1. The fourth-order valence-corrected chi connectivity index (χ4v) is 2.51. The first-order chi connectivity index (χ1) is 11.4. The summed E-state index contributed by atoms with van der Waals surface area (Å²) in [6.45, 7) is 6.31. The minimum atomic E-state index is 0.755. The minimum absolute atomic E-state index is 0.755. The molecule has 2 heterocycles. The number of benzene rings is 1. The van der Waals surface area contributed by atoms with E-state index < -0.39 is 0 Å². The van der Waals surface area contributed by atoms with Crippen molar-refractivity contribution in [3.8, 4) is 0 Å². The first-order valence-electron chi connectivity index (χ1n) is 8.04. The Balaban J connectivity index is 1.45. The largest absolute Gasteiger partial charge is 0.379 e. The van der Waals surface area contributed by atoms with Crippen molar-refractivity contribution < 1.29 is 4.74 Å². The molecule has 0 saturated carbocycles. The zero-order valence-electron chi connectivity index (χ0n) is 13.2. The van der Waals surface area contributed by atoms with Crippen molar-refractivity contribution in [2.45, 2.75) is 6.54 Å². The number of morpholine rings is 1. The Bertz CT molecular complexity index is 587. The van der Waals surface area contributed by atoms with E-state index in [1.54, 1.807) is 6.33 Å². The molecule has 1 aromatic carbocycles. The Labute approximate surface area is 136 Å². The third-order valence-corrected chi connectivity index (χ3v) is 3.82. The van der Waals surface area contributed by atoms with Crippen molar-refractivity contribution in [1.82, 2.24) is 14.9 Å². The van der Waals surface area contributed by atoms with E-state index in [0.29, 0.717) is 0 Å². The fourth-order valence-electron chi connectivity index (χ4n) is 2.51. The third kappa shape index (κ3) is 5.19. The van der Waals surface area contributed by atoms with Gasteiger partial charge in [0.15, 0.2) is 0 Å². The lowest BCUT2D eigenvalue weighted by Crippen LogP contribution is -2.39. The van der Waals surface area contributed by atoms with Crippen molar-refractivity contribution in [2.24, 2.45) is 0 Å². The molecule has 0 bridgehead atoms. The van der Waals surface area contributed by atoms with Gasteiger partial charge in [-0.15, -0.1) is 0 Å². The van der Waals surface area contributed by atoms with Crippen molar-refractivity contribution in [1.29, 1.82) is 0 Å². The van der Waals surface area contributed by atoms with E-state index in [1.807, 2.05) is 24.3 Å². The zero-order chi connectivity index (χ0) is 15.7. The highest BCUT2D eigenvalue weighted by Crippen LogP contribution is 2.10. The lowest BCUT2D eigenvalue weighted by Gasteiger charge is -2.26. The van der Waals surface area contributed by atoms with Crippen LogP contribution in [-0.2, 0) is 11.3 Å². The summed E-state index contributed by atoms with van der Waals surface area (Å²) in [7, 11) is 0. The van der Waals surface area contributed by atoms with Crippen molar-refractivity contribution in [2.75, 3.05) is 50.0 Å². The Morgan fingerprint density at radius 2 is 1.74 bits per heavy atom. The predicted octanol–water partition coefficient (Wildman–Crippen LogP) is 1.83. The number of nitrogens with zero attached hydrogens (tertiary/aromatic N) is 3. The van der Waals surface area contributed by atoms with Gasteiger partial charge in [-0.2, -0.15) is 0 Å². The van der Waals surface area contributed by atoms with Gasteiger partial charge in [0.1, 0.15) is 18.0 Å². The number of hydrogen-bond donors (Lipinski definition) is 2. The maximum atomic E-state index is 5.35. The molecule has 0 spiro atoms. The van der Waals surface area contributed by atoms with Crippen LogP contribution in [0.2, 0.25) is 0 Å². The van der Waals surface area contributed by atoms with Crippen LogP contribution in [0.15, 0.2) is 42.7 Å². The normalized spacial score (nSPS) is 15.3. The van der Waals surface area contributed by atoms with Gasteiger partial charge in [-0.25, -0.2) is 9.97 Å². The average molecular weight is 313 g/mol. The molecule has 6 nitrogen and oxygen atoms in total. The van der Waals surface area contributed by atoms with E-state index in [2.05, 4.69) is 37.6 Å². The maximum Gasteiger partial charge on any atom is 0.131 e. The van der Waals surface area contributed by atoms with Crippen LogP contribution >= 0.6 is 0 Å². The van der Waals surface area contributed by atoms with Gasteiger partial charge in [0.05, 0.1) is 13.2 Å². The molecule has 3 rings (SSSR count). The highest BCUT2D eigenvalue weighted by atomic mass is 16.5. The van der Waals surface area contributed by atoms with Gasteiger partial charge in [-0.05, 0) is 5.56 Å². The van der Waals surface area contributed by atoms with Crippen LogP contribution in [0.25, 0.3) is 0 Å². The van der Waals surface area contributed by atoms with Crippen LogP contribution in [0, 0.1) is 0 Å². The maximum absolute atomic E-state index is 5.35.